The molecule has 2 rings (SSSR count). The first-order chi connectivity index (χ1) is 6.49. The number of aryl methyl sites for hydroxylation is 1. The Balaban J connectivity index is 2.35. The van der Waals surface area contributed by atoms with Crippen molar-refractivity contribution in [2.75, 3.05) is 0 Å². The first-order valence-electron chi connectivity index (χ1n) is 4.46. The molecule has 0 aliphatic carbocycles. The molecule has 0 atom stereocenters. The molecule has 0 bridgehead atoms. The van der Waals surface area contributed by atoms with Gasteiger partial charge in [0, 0.05) is 15.8 Å². The van der Waals surface area contributed by atoms with E-state index in [9.17, 15) is 4.79 Å². The Morgan fingerprint density at radius 2 is 2.21 bits per heavy atom. The van der Waals surface area contributed by atoms with Gasteiger partial charge in [0.2, 0.25) is 0 Å². The first kappa shape index (κ1) is 9.40. The lowest BCUT2D eigenvalue weighted by Crippen LogP contribution is -2.34. The average molecular weight is 208 g/mol. The van der Waals surface area contributed by atoms with Crippen LogP contribution >= 0.6 is 11.3 Å². The van der Waals surface area contributed by atoms with E-state index in [-0.39, 0.29) is 5.91 Å². The third-order valence-electron chi connectivity index (χ3n) is 2.18. The first-order valence-corrected chi connectivity index (χ1v) is 5.34. The smallest absolute Gasteiger partial charge is 0.252 e. The van der Waals surface area contributed by atoms with Crippen molar-refractivity contribution in [3.8, 4) is 0 Å². The van der Waals surface area contributed by atoms with E-state index in [2.05, 4.69) is 10.3 Å². The minimum Gasteiger partial charge on any atom is -0.308 e. The number of hydrogen-bond donors (Lipinski definition) is 1. The number of aliphatic imine (C=N–C) groups is 1. The zero-order chi connectivity index (χ0) is 10.3. The largest absolute Gasteiger partial charge is 0.308 e. The van der Waals surface area contributed by atoms with Crippen molar-refractivity contribution < 1.29 is 4.79 Å². The summed E-state index contributed by atoms with van der Waals surface area (Å²) in [7, 11) is 0. The van der Waals surface area contributed by atoms with Gasteiger partial charge in [0.25, 0.3) is 5.91 Å². The van der Waals surface area contributed by atoms with Crippen LogP contribution in [0.2, 0.25) is 0 Å². The number of hydrogen-bond acceptors (Lipinski definition) is 3. The van der Waals surface area contributed by atoms with Crippen molar-refractivity contribution >= 4 is 23.1 Å². The van der Waals surface area contributed by atoms with Crippen molar-refractivity contribution in [3.63, 3.8) is 0 Å². The maximum absolute atomic E-state index is 11.5. The van der Waals surface area contributed by atoms with Gasteiger partial charge in [-0.1, -0.05) is 0 Å². The van der Waals surface area contributed by atoms with Crippen LogP contribution < -0.4 is 5.32 Å². The molecule has 1 N–H and O–H groups in total. The lowest BCUT2D eigenvalue weighted by atomic mass is 10.1. The van der Waals surface area contributed by atoms with Gasteiger partial charge in [-0.2, -0.15) is 0 Å². The second kappa shape index (κ2) is 2.92. The fourth-order valence-corrected chi connectivity index (χ4v) is 2.01. The Hall–Kier alpha value is -1.16. The molecule has 4 heteroatoms. The maximum Gasteiger partial charge on any atom is 0.252 e. The molecule has 1 aromatic rings. The number of amides is 1. The van der Waals surface area contributed by atoms with Crippen LogP contribution in [0.15, 0.2) is 16.4 Å². The molecule has 1 amide bonds. The topological polar surface area (TPSA) is 41.5 Å². The molecule has 14 heavy (non-hydrogen) atoms. The predicted molar refractivity (Wildman–Crippen MR) is 57.8 cm³/mol. The molecule has 0 saturated carbocycles. The summed E-state index contributed by atoms with van der Waals surface area (Å²) in [5, 5.41) is 4.80. The normalized spacial score (nSPS) is 19.4. The van der Waals surface area contributed by atoms with Gasteiger partial charge in [-0.25, -0.2) is 0 Å². The molecule has 1 aromatic heterocycles. The number of thiophene rings is 1. The average Bonchev–Trinajstić information content (AvgIpc) is 2.58. The third kappa shape index (κ3) is 1.46. The molecule has 74 valence electrons. The van der Waals surface area contributed by atoms with Crippen LogP contribution in [0.3, 0.4) is 0 Å². The molecule has 1 aliphatic heterocycles. The SMILES string of the molecule is Cc1cc(C2=NC(C)(C)C(=O)N2)cs1. The summed E-state index contributed by atoms with van der Waals surface area (Å²) in [6, 6.07) is 2.03. The zero-order valence-electron chi connectivity index (χ0n) is 8.42. The summed E-state index contributed by atoms with van der Waals surface area (Å²) < 4.78 is 0. The molecule has 3 nitrogen and oxygen atoms in total. The van der Waals surface area contributed by atoms with E-state index in [0.717, 1.165) is 5.56 Å². The van der Waals surface area contributed by atoms with Crippen molar-refractivity contribution in [3.05, 3.63) is 21.9 Å². The number of rotatable bonds is 1. The van der Waals surface area contributed by atoms with Gasteiger partial charge in [-0.15, -0.1) is 11.3 Å². The van der Waals surface area contributed by atoms with Crippen molar-refractivity contribution in [1.82, 2.24) is 5.32 Å². The van der Waals surface area contributed by atoms with E-state index in [1.807, 2.05) is 32.2 Å². The van der Waals surface area contributed by atoms with Crippen LogP contribution in [0.4, 0.5) is 0 Å². The number of nitrogens with zero attached hydrogens (tertiary/aromatic N) is 1. The number of nitrogens with one attached hydrogen (secondary N) is 1. The number of carbonyl (C=O) groups is 1. The van der Waals surface area contributed by atoms with E-state index < -0.39 is 5.54 Å². The van der Waals surface area contributed by atoms with E-state index in [1.165, 1.54) is 4.88 Å². The molecular weight excluding hydrogens is 196 g/mol. The lowest BCUT2D eigenvalue weighted by Gasteiger charge is -2.07. The minimum absolute atomic E-state index is 0.0312. The van der Waals surface area contributed by atoms with Crippen molar-refractivity contribution in [2.45, 2.75) is 26.3 Å². The van der Waals surface area contributed by atoms with E-state index in [1.54, 1.807) is 11.3 Å². The molecule has 0 aromatic carbocycles. The maximum atomic E-state index is 11.5. The fourth-order valence-electron chi connectivity index (χ4n) is 1.32. The zero-order valence-corrected chi connectivity index (χ0v) is 9.23. The Kier molecular flexibility index (Phi) is 1.96. The number of carbonyl (C=O) groups excluding carboxylic acids is 1. The predicted octanol–water partition coefficient (Wildman–Crippen LogP) is 1.71. The molecule has 0 saturated heterocycles. The summed E-state index contributed by atoms with van der Waals surface area (Å²) in [6.07, 6.45) is 0. The summed E-state index contributed by atoms with van der Waals surface area (Å²) in [5.41, 5.74) is 0.386. The molecule has 0 spiro atoms. The van der Waals surface area contributed by atoms with Crippen molar-refractivity contribution in [2.24, 2.45) is 4.99 Å². The van der Waals surface area contributed by atoms with Gasteiger partial charge in [0.15, 0.2) is 0 Å². The Labute approximate surface area is 86.9 Å². The highest BCUT2D eigenvalue weighted by Crippen LogP contribution is 2.20. The fraction of sp³-hybridized carbons (Fsp3) is 0.400. The third-order valence-corrected chi connectivity index (χ3v) is 3.04. The summed E-state index contributed by atoms with van der Waals surface area (Å²) >= 11 is 1.66. The van der Waals surface area contributed by atoms with E-state index >= 15 is 0 Å². The summed E-state index contributed by atoms with van der Waals surface area (Å²) in [5.74, 6) is 0.667. The van der Waals surface area contributed by atoms with Crippen LogP contribution in [0.5, 0.6) is 0 Å². The lowest BCUT2D eigenvalue weighted by molar-refractivity contribution is -0.122. The minimum atomic E-state index is -0.620. The van der Waals surface area contributed by atoms with Gasteiger partial charge >= 0.3 is 0 Å². The highest BCUT2D eigenvalue weighted by molar-refractivity contribution is 7.10. The number of amidine groups is 1. The molecule has 0 unspecified atom stereocenters. The summed E-state index contributed by atoms with van der Waals surface area (Å²) in [6.45, 7) is 5.67. The molecule has 0 fully saturated rings. The van der Waals surface area contributed by atoms with Crippen LogP contribution in [0.1, 0.15) is 24.3 Å². The van der Waals surface area contributed by atoms with Gasteiger partial charge in [0.1, 0.15) is 11.4 Å². The van der Waals surface area contributed by atoms with E-state index in [4.69, 9.17) is 0 Å². The Bertz CT molecular complexity index is 418. The monoisotopic (exact) mass is 208 g/mol. The highest BCUT2D eigenvalue weighted by atomic mass is 32.1. The van der Waals surface area contributed by atoms with Gasteiger partial charge in [-0.05, 0) is 26.8 Å². The van der Waals surface area contributed by atoms with Crippen LogP contribution in [-0.2, 0) is 4.79 Å². The summed E-state index contributed by atoms with van der Waals surface area (Å²) in [4.78, 5) is 17.0. The standard InChI is InChI=1S/C10H12N2OS/c1-6-4-7(5-14-6)8-11-9(13)10(2,3)12-8/h4-5H,1-3H3,(H,11,12,13). The molecule has 1 aliphatic rings. The molecular formula is C10H12N2OS. The van der Waals surface area contributed by atoms with E-state index in [0.29, 0.717) is 5.84 Å². The van der Waals surface area contributed by atoms with Gasteiger partial charge < -0.3 is 5.32 Å². The molecule has 2 heterocycles. The van der Waals surface area contributed by atoms with Gasteiger partial charge in [0.05, 0.1) is 0 Å². The Morgan fingerprint density at radius 1 is 1.50 bits per heavy atom. The second-order valence-electron chi connectivity index (χ2n) is 3.92. The van der Waals surface area contributed by atoms with Gasteiger partial charge in [-0.3, -0.25) is 9.79 Å². The molecule has 0 radical (unpaired) electrons. The van der Waals surface area contributed by atoms with Crippen LogP contribution in [0.25, 0.3) is 0 Å². The van der Waals surface area contributed by atoms with Crippen LogP contribution in [-0.4, -0.2) is 17.3 Å². The second-order valence-corrected chi connectivity index (χ2v) is 5.03. The quantitative estimate of drug-likeness (QED) is 0.750. The Morgan fingerprint density at radius 3 is 2.64 bits per heavy atom. The van der Waals surface area contributed by atoms with Crippen molar-refractivity contribution in [1.29, 1.82) is 0 Å². The highest BCUT2D eigenvalue weighted by Gasteiger charge is 2.34. The van der Waals surface area contributed by atoms with Crippen LogP contribution in [0, 0.1) is 6.92 Å².